The van der Waals surface area contributed by atoms with Gasteiger partial charge in [0, 0.05) is 5.56 Å². The van der Waals surface area contributed by atoms with Crippen molar-refractivity contribution >= 4 is 5.97 Å². The van der Waals surface area contributed by atoms with Gasteiger partial charge >= 0.3 is 12.1 Å². The molecule has 122 valence electrons. The zero-order valence-corrected chi connectivity index (χ0v) is 12.4. The molecule has 0 aliphatic heterocycles. The molecule has 0 heterocycles. The molecule has 0 aromatic heterocycles. The minimum atomic E-state index is -4.48. The third kappa shape index (κ3) is 4.25. The summed E-state index contributed by atoms with van der Waals surface area (Å²) in [5.41, 5.74) is 0.987. The van der Waals surface area contributed by atoms with Gasteiger partial charge in [-0.15, -0.1) is 0 Å². The summed E-state index contributed by atoms with van der Waals surface area (Å²) in [4.78, 5) is 10.6. The number of rotatable bonds is 5. The molecule has 3 nitrogen and oxygen atoms in total. The van der Waals surface area contributed by atoms with E-state index in [2.05, 4.69) is 0 Å². The van der Waals surface area contributed by atoms with Gasteiger partial charge in [0.05, 0.1) is 5.56 Å². The van der Waals surface area contributed by atoms with E-state index in [9.17, 15) is 18.0 Å². The van der Waals surface area contributed by atoms with E-state index >= 15 is 0 Å². The molecule has 0 saturated carbocycles. The number of halogens is 3. The summed E-state index contributed by atoms with van der Waals surface area (Å²) >= 11 is 0. The number of carboxylic acids is 1. The lowest BCUT2D eigenvalue weighted by atomic mass is 10.00. The Morgan fingerprint density at radius 2 is 1.78 bits per heavy atom. The summed E-state index contributed by atoms with van der Waals surface area (Å²) in [6.45, 7) is 1.35. The van der Waals surface area contributed by atoms with Gasteiger partial charge < -0.3 is 9.84 Å². The summed E-state index contributed by atoms with van der Waals surface area (Å²) in [7, 11) is 0. The summed E-state index contributed by atoms with van der Waals surface area (Å²) in [6.07, 6.45) is -3.67. The van der Waals surface area contributed by atoms with Gasteiger partial charge in [0.15, 0.2) is 6.61 Å². The first-order chi connectivity index (χ1) is 10.8. The number of ether oxygens (including phenoxy) is 1. The molecule has 0 saturated heterocycles. The lowest BCUT2D eigenvalue weighted by Gasteiger charge is -2.14. The van der Waals surface area contributed by atoms with Crippen LogP contribution in [0.4, 0.5) is 13.2 Å². The number of carboxylic acid groups (broad SMARTS) is 1. The lowest BCUT2D eigenvalue weighted by molar-refractivity contribution is -0.140. The number of carbonyl (C=O) groups is 1. The molecule has 1 N–H and O–H groups in total. The summed E-state index contributed by atoms with van der Waals surface area (Å²) in [5.74, 6) is -1.10. The van der Waals surface area contributed by atoms with Gasteiger partial charge in [0.2, 0.25) is 0 Å². The first kappa shape index (κ1) is 16.9. The molecular weight excluding hydrogens is 309 g/mol. The molecule has 0 atom stereocenters. The number of aliphatic carboxylic acids is 1. The maximum atomic E-state index is 12.9. The highest BCUT2D eigenvalue weighted by molar-refractivity contribution is 5.73. The summed E-state index contributed by atoms with van der Waals surface area (Å²) in [6, 6.07) is 10.0. The molecule has 0 bridgehead atoms. The minimum Gasteiger partial charge on any atom is -0.481 e. The Morgan fingerprint density at radius 3 is 2.30 bits per heavy atom. The Hall–Kier alpha value is -2.50. The number of hydrogen-bond donors (Lipinski definition) is 1. The molecule has 23 heavy (non-hydrogen) atoms. The average molecular weight is 324 g/mol. The van der Waals surface area contributed by atoms with Gasteiger partial charge in [-0.05, 0) is 35.7 Å². The Balaban J connectivity index is 2.47. The van der Waals surface area contributed by atoms with Crippen LogP contribution in [-0.2, 0) is 17.4 Å². The van der Waals surface area contributed by atoms with Crippen molar-refractivity contribution in [2.75, 3.05) is 6.61 Å². The molecule has 2 aromatic carbocycles. The second-order valence-corrected chi connectivity index (χ2v) is 4.94. The predicted octanol–water partition coefficient (Wildman–Crippen LogP) is 4.40. The van der Waals surface area contributed by atoms with E-state index in [-0.39, 0.29) is 11.3 Å². The van der Waals surface area contributed by atoms with Crippen LogP contribution in [0.15, 0.2) is 42.5 Å². The van der Waals surface area contributed by atoms with E-state index in [4.69, 9.17) is 9.84 Å². The molecule has 0 spiro atoms. The smallest absolute Gasteiger partial charge is 0.416 e. The zero-order chi connectivity index (χ0) is 17.0. The first-order valence-electron chi connectivity index (χ1n) is 6.96. The molecule has 2 rings (SSSR count). The maximum Gasteiger partial charge on any atom is 0.416 e. The van der Waals surface area contributed by atoms with Crippen LogP contribution in [0.3, 0.4) is 0 Å². The molecule has 0 amide bonds. The Kier molecular flexibility index (Phi) is 4.93. The van der Waals surface area contributed by atoms with Crippen LogP contribution < -0.4 is 4.74 Å². The van der Waals surface area contributed by atoms with E-state index in [0.717, 1.165) is 30.2 Å². The van der Waals surface area contributed by atoms with E-state index in [1.807, 2.05) is 19.1 Å². The van der Waals surface area contributed by atoms with Crippen LogP contribution >= 0.6 is 0 Å². The quantitative estimate of drug-likeness (QED) is 0.887. The number of benzene rings is 2. The molecule has 2 aromatic rings. The predicted molar refractivity (Wildman–Crippen MR) is 79.4 cm³/mol. The van der Waals surface area contributed by atoms with Crippen LogP contribution in [0.2, 0.25) is 0 Å². The van der Waals surface area contributed by atoms with Crippen molar-refractivity contribution in [3.8, 4) is 16.9 Å². The lowest BCUT2D eigenvalue weighted by Crippen LogP contribution is -2.11. The fourth-order valence-electron chi connectivity index (χ4n) is 2.12. The van der Waals surface area contributed by atoms with Crippen molar-refractivity contribution in [1.82, 2.24) is 0 Å². The van der Waals surface area contributed by atoms with E-state index in [1.54, 1.807) is 12.1 Å². The normalized spacial score (nSPS) is 11.3. The van der Waals surface area contributed by atoms with Crippen molar-refractivity contribution in [2.24, 2.45) is 0 Å². The highest BCUT2D eigenvalue weighted by Crippen LogP contribution is 2.37. The van der Waals surface area contributed by atoms with Gasteiger partial charge in [-0.3, -0.25) is 0 Å². The zero-order valence-electron chi connectivity index (χ0n) is 12.4. The van der Waals surface area contributed by atoms with Gasteiger partial charge in [0.1, 0.15) is 5.75 Å². The van der Waals surface area contributed by atoms with E-state index < -0.39 is 24.3 Å². The highest BCUT2D eigenvalue weighted by Gasteiger charge is 2.31. The molecule has 6 heteroatoms. The van der Waals surface area contributed by atoms with E-state index in [1.165, 1.54) is 0 Å². The summed E-state index contributed by atoms with van der Waals surface area (Å²) < 4.78 is 43.8. The Morgan fingerprint density at radius 1 is 1.13 bits per heavy atom. The summed E-state index contributed by atoms with van der Waals surface area (Å²) in [5, 5.41) is 8.68. The molecule has 0 aliphatic rings. The van der Waals surface area contributed by atoms with Crippen LogP contribution in [0, 0.1) is 0 Å². The van der Waals surface area contributed by atoms with Gasteiger partial charge in [-0.1, -0.05) is 31.2 Å². The van der Waals surface area contributed by atoms with Crippen molar-refractivity contribution < 1.29 is 27.8 Å². The maximum absolute atomic E-state index is 12.9. The van der Waals surface area contributed by atoms with Gasteiger partial charge in [0.25, 0.3) is 0 Å². The van der Waals surface area contributed by atoms with Crippen molar-refractivity contribution in [3.05, 3.63) is 53.6 Å². The Bertz CT molecular complexity index is 691. The largest absolute Gasteiger partial charge is 0.481 e. The van der Waals surface area contributed by atoms with Crippen molar-refractivity contribution in [3.63, 3.8) is 0 Å². The van der Waals surface area contributed by atoms with Gasteiger partial charge in [-0.2, -0.15) is 13.2 Å². The van der Waals surface area contributed by atoms with Crippen LogP contribution in [0.5, 0.6) is 5.75 Å². The molecule has 0 radical (unpaired) electrons. The van der Waals surface area contributed by atoms with Gasteiger partial charge in [-0.25, -0.2) is 4.79 Å². The van der Waals surface area contributed by atoms with Crippen molar-refractivity contribution in [1.29, 1.82) is 0 Å². The van der Waals surface area contributed by atoms with Crippen LogP contribution in [0.25, 0.3) is 11.1 Å². The first-order valence-corrected chi connectivity index (χ1v) is 6.96. The second kappa shape index (κ2) is 6.73. The number of hydrogen-bond acceptors (Lipinski definition) is 2. The highest BCUT2D eigenvalue weighted by atomic mass is 19.4. The number of aryl methyl sites for hydroxylation is 1. The minimum absolute atomic E-state index is 0.102. The monoisotopic (exact) mass is 324 g/mol. The molecule has 0 unspecified atom stereocenters. The fourth-order valence-corrected chi connectivity index (χ4v) is 2.12. The standard InChI is InChI=1S/C17H15F3O3/c1-2-11-3-5-12(6-4-11)14-9-13(17(18,19)20)7-8-15(14)23-10-16(21)22/h3-9H,2,10H2,1H3,(H,21,22). The van der Waals surface area contributed by atoms with Crippen LogP contribution in [-0.4, -0.2) is 17.7 Å². The molecular formula is C17H15F3O3. The molecule has 0 aliphatic carbocycles. The molecule has 0 fully saturated rings. The second-order valence-electron chi connectivity index (χ2n) is 4.94. The third-order valence-electron chi connectivity index (χ3n) is 3.33. The fraction of sp³-hybridized carbons (Fsp3) is 0.235. The van der Waals surface area contributed by atoms with Crippen molar-refractivity contribution in [2.45, 2.75) is 19.5 Å². The van der Waals surface area contributed by atoms with Crippen LogP contribution in [0.1, 0.15) is 18.1 Å². The third-order valence-corrected chi connectivity index (χ3v) is 3.33. The van der Waals surface area contributed by atoms with E-state index in [0.29, 0.717) is 5.56 Å². The SMILES string of the molecule is CCc1ccc(-c2cc(C(F)(F)F)ccc2OCC(=O)O)cc1. The average Bonchev–Trinajstić information content (AvgIpc) is 2.52. The number of alkyl halides is 3. The Labute approximate surface area is 131 Å². The topological polar surface area (TPSA) is 46.5 Å².